The Labute approximate surface area is 140 Å². The summed E-state index contributed by atoms with van der Waals surface area (Å²) in [5.74, 6) is -1.06. The Morgan fingerprint density at radius 1 is 1.52 bits per heavy atom. The Morgan fingerprint density at radius 3 is 2.83 bits per heavy atom. The van der Waals surface area contributed by atoms with Gasteiger partial charge < -0.3 is 20.7 Å². The minimum atomic E-state index is -0.637. The number of hydrogen-bond acceptors (Lipinski definition) is 4. The normalized spacial score (nSPS) is 18.5. The third-order valence-corrected chi connectivity index (χ3v) is 3.69. The van der Waals surface area contributed by atoms with Crippen molar-refractivity contribution in [2.24, 2.45) is 5.73 Å². The van der Waals surface area contributed by atoms with Crippen LogP contribution in [0.5, 0.6) is 0 Å². The van der Waals surface area contributed by atoms with Crippen LogP contribution in [0.4, 0.5) is 10.1 Å². The van der Waals surface area contributed by atoms with Crippen LogP contribution in [-0.4, -0.2) is 44.2 Å². The molecule has 2 rings (SSSR count). The van der Waals surface area contributed by atoms with Crippen molar-refractivity contribution in [3.8, 4) is 0 Å². The van der Waals surface area contributed by atoms with Crippen molar-refractivity contribution in [1.82, 2.24) is 5.32 Å². The molecule has 6 nitrogen and oxygen atoms in total. The van der Waals surface area contributed by atoms with E-state index in [9.17, 15) is 14.0 Å². The molecule has 1 aromatic rings. The first-order chi connectivity index (χ1) is 10.6. The number of rotatable bonds is 6. The first kappa shape index (κ1) is 19.3. The summed E-state index contributed by atoms with van der Waals surface area (Å²) in [6, 6.07) is 5.45. The van der Waals surface area contributed by atoms with Crippen LogP contribution in [-0.2, 0) is 14.3 Å². The van der Waals surface area contributed by atoms with E-state index < -0.39 is 11.9 Å². The topological polar surface area (TPSA) is 84.7 Å². The molecule has 2 atom stereocenters. The molecular formula is C15H21ClFN3O3. The number of nitrogens with two attached hydrogens (primary N) is 1. The molecule has 1 heterocycles. The molecule has 0 bridgehead atoms. The van der Waals surface area contributed by atoms with E-state index in [2.05, 4.69) is 5.32 Å². The predicted molar refractivity (Wildman–Crippen MR) is 87.0 cm³/mol. The van der Waals surface area contributed by atoms with Crippen molar-refractivity contribution in [3.05, 3.63) is 30.1 Å². The number of ether oxygens (including phenoxy) is 1. The number of benzene rings is 1. The third kappa shape index (κ3) is 4.63. The number of carbonyl (C=O) groups excluding carboxylic acids is 2. The van der Waals surface area contributed by atoms with Crippen LogP contribution in [0, 0.1) is 5.82 Å². The van der Waals surface area contributed by atoms with Gasteiger partial charge >= 0.3 is 0 Å². The van der Waals surface area contributed by atoms with Crippen LogP contribution < -0.4 is 16.0 Å². The summed E-state index contributed by atoms with van der Waals surface area (Å²) in [7, 11) is 1.48. The Balaban J connectivity index is 0.00000264. The molecule has 128 valence electrons. The molecule has 0 saturated carbocycles. The van der Waals surface area contributed by atoms with E-state index in [1.807, 2.05) is 0 Å². The van der Waals surface area contributed by atoms with Crippen molar-refractivity contribution >= 4 is 29.9 Å². The molecule has 1 aromatic carbocycles. The number of hydrogen-bond donors (Lipinski definition) is 2. The maximum absolute atomic E-state index is 13.8. The summed E-state index contributed by atoms with van der Waals surface area (Å²) < 4.78 is 18.8. The lowest BCUT2D eigenvalue weighted by molar-refractivity contribution is -0.128. The molecule has 0 spiro atoms. The lowest BCUT2D eigenvalue weighted by atomic mass is 10.2. The SMILES string of the molecule is COC(CN)CC(=O)NC1CCN(c2ccccc2F)C1=O.Cl. The minimum Gasteiger partial charge on any atom is -0.380 e. The smallest absolute Gasteiger partial charge is 0.249 e. The highest BCUT2D eigenvalue weighted by Gasteiger charge is 2.34. The molecule has 23 heavy (non-hydrogen) atoms. The minimum absolute atomic E-state index is 0. The summed E-state index contributed by atoms with van der Waals surface area (Å²) >= 11 is 0. The van der Waals surface area contributed by atoms with E-state index in [4.69, 9.17) is 10.5 Å². The highest BCUT2D eigenvalue weighted by atomic mass is 35.5. The average molecular weight is 346 g/mol. The highest BCUT2D eigenvalue weighted by molar-refractivity contribution is 6.01. The van der Waals surface area contributed by atoms with E-state index in [-0.39, 0.29) is 49.0 Å². The summed E-state index contributed by atoms with van der Waals surface area (Å²) in [5.41, 5.74) is 5.70. The second kappa shape index (κ2) is 8.81. The number of para-hydroxylation sites is 1. The molecule has 0 aliphatic carbocycles. The van der Waals surface area contributed by atoms with Crippen molar-refractivity contribution in [2.75, 3.05) is 25.1 Å². The number of halogens is 2. The summed E-state index contributed by atoms with van der Waals surface area (Å²) in [6.45, 7) is 0.596. The highest BCUT2D eigenvalue weighted by Crippen LogP contribution is 2.24. The maximum Gasteiger partial charge on any atom is 0.249 e. The Morgan fingerprint density at radius 2 is 2.22 bits per heavy atom. The van der Waals surface area contributed by atoms with Crippen molar-refractivity contribution in [2.45, 2.75) is 25.0 Å². The summed E-state index contributed by atoms with van der Waals surface area (Å²) in [4.78, 5) is 25.6. The Bertz CT molecular complexity index is 555. The molecule has 0 aromatic heterocycles. The summed E-state index contributed by atoms with van der Waals surface area (Å²) in [5, 5.41) is 2.66. The molecule has 3 N–H and O–H groups in total. The van der Waals surface area contributed by atoms with Gasteiger partial charge in [-0.1, -0.05) is 12.1 Å². The lowest BCUT2D eigenvalue weighted by Crippen LogP contribution is -2.43. The second-order valence-corrected chi connectivity index (χ2v) is 5.15. The molecule has 1 fully saturated rings. The van der Waals surface area contributed by atoms with E-state index in [1.165, 1.54) is 18.1 Å². The third-order valence-electron chi connectivity index (χ3n) is 3.69. The van der Waals surface area contributed by atoms with Crippen molar-refractivity contribution in [3.63, 3.8) is 0 Å². The predicted octanol–water partition coefficient (Wildman–Crippen LogP) is 0.833. The molecule has 8 heteroatoms. The number of nitrogens with one attached hydrogen (secondary N) is 1. The zero-order valence-corrected chi connectivity index (χ0v) is 13.6. The molecule has 1 saturated heterocycles. The molecular weight excluding hydrogens is 325 g/mol. The van der Waals surface area contributed by atoms with Gasteiger partial charge in [0.05, 0.1) is 18.2 Å². The number of amides is 2. The van der Waals surface area contributed by atoms with Crippen LogP contribution >= 0.6 is 12.4 Å². The van der Waals surface area contributed by atoms with Crippen molar-refractivity contribution in [1.29, 1.82) is 0 Å². The molecule has 0 radical (unpaired) electrons. The van der Waals surface area contributed by atoms with E-state index in [0.717, 1.165) is 0 Å². The van der Waals surface area contributed by atoms with Gasteiger partial charge in [0.2, 0.25) is 11.8 Å². The van der Waals surface area contributed by atoms with Gasteiger partial charge in [0, 0.05) is 20.2 Å². The van der Waals surface area contributed by atoms with Gasteiger partial charge in [0.25, 0.3) is 0 Å². The maximum atomic E-state index is 13.8. The van der Waals surface area contributed by atoms with Crippen molar-refractivity contribution < 1.29 is 18.7 Å². The van der Waals surface area contributed by atoms with E-state index in [0.29, 0.717) is 13.0 Å². The van der Waals surface area contributed by atoms with E-state index >= 15 is 0 Å². The van der Waals surface area contributed by atoms with Crippen LogP contribution in [0.2, 0.25) is 0 Å². The Kier molecular flexibility index (Phi) is 7.41. The van der Waals surface area contributed by atoms with E-state index in [1.54, 1.807) is 18.2 Å². The molecule has 2 unspecified atom stereocenters. The first-order valence-corrected chi connectivity index (χ1v) is 7.15. The number of methoxy groups -OCH3 is 1. The lowest BCUT2D eigenvalue weighted by Gasteiger charge is -2.18. The number of anilines is 1. The van der Waals surface area contributed by atoms with Gasteiger partial charge in [-0.2, -0.15) is 0 Å². The standard InChI is InChI=1S/C15H20FN3O3.ClH/c1-22-10(9-17)8-14(20)18-12-6-7-19(15(12)21)13-5-3-2-4-11(13)16;/h2-5,10,12H,6-9,17H2,1H3,(H,18,20);1H. The van der Waals surface area contributed by atoms with Gasteiger partial charge in [0.15, 0.2) is 0 Å². The monoisotopic (exact) mass is 345 g/mol. The Hall–Kier alpha value is -1.70. The van der Waals surface area contributed by atoms with Gasteiger partial charge in [-0.15, -0.1) is 12.4 Å². The average Bonchev–Trinajstić information content (AvgIpc) is 2.86. The quantitative estimate of drug-likeness (QED) is 0.800. The molecule has 1 aliphatic rings. The zero-order chi connectivity index (χ0) is 16.1. The van der Waals surface area contributed by atoms with Crippen LogP contribution in [0.1, 0.15) is 12.8 Å². The first-order valence-electron chi connectivity index (χ1n) is 7.15. The number of carbonyl (C=O) groups is 2. The fourth-order valence-corrected chi connectivity index (χ4v) is 2.45. The second-order valence-electron chi connectivity index (χ2n) is 5.15. The fraction of sp³-hybridized carbons (Fsp3) is 0.467. The molecule has 2 amide bonds. The van der Waals surface area contributed by atoms with Crippen LogP contribution in [0.3, 0.4) is 0 Å². The van der Waals surface area contributed by atoms with Gasteiger partial charge in [-0.05, 0) is 18.6 Å². The largest absolute Gasteiger partial charge is 0.380 e. The zero-order valence-electron chi connectivity index (χ0n) is 12.8. The van der Waals surface area contributed by atoms with Gasteiger partial charge in [-0.25, -0.2) is 4.39 Å². The van der Waals surface area contributed by atoms with Crippen LogP contribution in [0.15, 0.2) is 24.3 Å². The fourth-order valence-electron chi connectivity index (χ4n) is 2.45. The van der Waals surface area contributed by atoms with Crippen LogP contribution in [0.25, 0.3) is 0 Å². The van der Waals surface area contributed by atoms with Gasteiger partial charge in [0.1, 0.15) is 11.9 Å². The summed E-state index contributed by atoms with van der Waals surface area (Å²) in [6.07, 6.45) is 0.162. The van der Waals surface area contributed by atoms with Gasteiger partial charge in [-0.3, -0.25) is 9.59 Å². The molecule has 1 aliphatic heterocycles. The number of nitrogens with zero attached hydrogens (tertiary/aromatic N) is 1.